The topological polar surface area (TPSA) is 32.6 Å². The summed E-state index contributed by atoms with van der Waals surface area (Å²) in [4.78, 5) is 4.91. The first-order valence-corrected chi connectivity index (χ1v) is 5.12. The van der Waals surface area contributed by atoms with Crippen molar-refractivity contribution in [3.8, 4) is 0 Å². The molecule has 2 nitrogen and oxygen atoms in total. The number of aliphatic hydroxyl groups excluding tert-OH is 1. The number of aliphatic hydroxyl groups is 1. The predicted octanol–water partition coefficient (Wildman–Crippen LogP) is 2.10. The van der Waals surface area contributed by atoms with Crippen molar-refractivity contribution in [2.24, 2.45) is 4.99 Å². The molecule has 0 heterocycles. The highest BCUT2D eigenvalue weighted by Crippen LogP contribution is 2.22. The highest BCUT2D eigenvalue weighted by Gasteiger charge is 2.17. The van der Waals surface area contributed by atoms with Crippen LogP contribution in [0.3, 0.4) is 0 Å². The average molecular weight is 217 g/mol. The Bertz CT molecular complexity index is 474. The first-order chi connectivity index (χ1) is 7.24. The Morgan fingerprint density at radius 1 is 1.27 bits per heavy atom. The van der Waals surface area contributed by atoms with Crippen LogP contribution in [0.1, 0.15) is 18.1 Å². The van der Waals surface area contributed by atoms with E-state index in [9.17, 15) is 0 Å². The van der Waals surface area contributed by atoms with Gasteiger partial charge in [0, 0.05) is 16.0 Å². The van der Waals surface area contributed by atoms with E-state index >= 15 is 0 Å². The molecule has 0 saturated carbocycles. The summed E-state index contributed by atoms with van der Waals surface area (Å²) < 4.78 is 0. The van der Waals surface area contributed by atoms with Crippen LogP contribution in [0.5, 0.6) is 0 Å². The van der Waals surface area contributed by atoms with Crippen molar-refractivity contribution in [2.45, 2.75) is 6.92 Å². The largest absolute Gasteiger partial charge is 0.375 e. The summed E-state index contributed by atoms with van der Waals surface area (Å²) >= 11 is 5.33. The molecule has 76 valence electrons. The van der Waals surface area contributed by atoms with Gasteiger partial charge in [0.2, 0.25) is 0 Å². The molecule has 0 radical (unpaired) electrons. The van der Waals surface area contributed by atoms with Crippen molar-refractivity contribution >= 4 is 22.8 Å². The number of nitrogens with zero attached hydrogens (tertiary/aromatic N) is 1. The summed E-state index contributed by atoms with van der Waals surface area (Å²) in [7, 11) is 0. The minimum atomic E-state index is -0.194. The van der Waals surface area contributed by atoms with E-state index in [1.165, 1.54) is 0 Å². The van der Waals surface area contributed by atoms with Crippen molar-refractivity contribution in [3.05, 3.63) is 47.0 Å². The van der Waals surface area contributed by atoms with Crippen LogP contribution in [0.15, 0.2) is 40.9 Å². The number of fused-ring (bicyclic) bond motifs is 1. The lowest BCUT2D eigenvalue weighted by atomic mass is 9.91. The zero-order valence-corrected chi connectivity index (χ0v) is 9.21. The lowest BCUT2D eigenvalue weighted by molar-refractivity contribution is 0.309. The lowest BCUT2D eigenvalue weighted by Crippen LogP contribution is -2.15. The Morgan fingerprint density at radius 2 is 1.93 bits per heavy atom. The standard InChI is InChI=1S/C12H11NOS/c1-8-6-11(13-7-14)9-4-2-3-5-10(9)12(8)15/h2-6,14H,7H2,1H3/b13-11+. The molecule has 2 rings (SSSR count). The van der Waals surface area contributed by atoms with Crippen LogP contribution >= 0.6 is 12.2 Å². The van der Waals surface area contributed by atoms with Crippen LogP contribution in [0, 0.1) is 0 Å². The number of benzene rings is 1. The van der Waals surface area contributed by atoms with Crippen molar-refractivity contribution in [1.82, 2.24) is 0 Å². The van der Waals surface area contributed by atoms with Gasteiger partial charge in [-0.05, 0) is 18.6 Å². The fourth-order valence-corrected chi connectivity index (χ4v) is 1.91. The molecule has 1 aliphatic carbocycles. The van der Waals surface area contributed by atoms with Gasteiger partial charge in [0.1, 0.15) is 6.73 Å². The quantitative estimate of drug-likeness (QED) is 0.731. The van der Waals surface area contributed by atoms with Crippen LogP contribution in [0.25, 0.3) is 0 Å². The third-order valence-corrected chi connectivity index (χ3v) is 2.94. The second-order valence-electron chi connectivity index (χ2n) is 3.39. The molecule has 3 heteroatoms. The van der Waals surface area contributed by atoms with Crippen LogP contribution < -0.4 is 0 Å². The van der Waals surface area contributed by atoms with Gasteiger partial charge in [-0.2, -0.15) is 0 Å². The molecule has 0 spiro atoms. The number of allylic oxidation sites excluding steroid dienone is 2. The van der Waals surface area contributed by atoms with E-state index in [1.807, 2.05) is 37.3 Å². The van der Waals surface area contributed by atoms with Crippen molar-refractivity contribution in [3.63, 3.8) is 0 Å². The second kappa shape index (κ2) is 4.04. The van der Waals surface area contributed by atoms with Crippen LogP contribution in [-0.4, -0.2) is 22.4 Å². The molecule has 0 unspecified atom stereocenters. The van der Waals surface area contributed by atoms with E-state index in [1.54, 1.807) is 0 Å². The van der Waals surface area contributed by atoms with Gasteiger partial charge in [0.15, 0.2) is 0 Å². The molecule has 1 aliphatic rings. The maximum Gasteiger partial charge on any atom is 0.134 e. The van der Waals surface area contributed by atoms with Crippen molar-refractivity contribution in [1.29, 1.82) is 0 Å². The number of rotatable bonds is 1. The Labute approximate surface area is 94.0 Å². The fraction of sp³-hybridized carbons (Fsp3) is 0.167. The van der Waals surface area contributed by atoms with E-state index in [-0.39, 0.29) is 6.73 Å². The lowest BCUT2D eigenvalue weighted by Gasteiger charge is -2.17. The Hall–Kier alpha value is -1.32. The van der Waals surface area contributed by atoms with Gasteiger partial charge in [-0.15, -0.1) is 0 Å². The highest BCUT2D eigenvalue weighted by molar-refractivity contribution is 7.81. The molecule has 0 atom stereocenters. The first-order valence-electron chi connectivity index (χ1n) is 4.71. The summed E-state index contributed by atoms with van der Waals surface area (Å²) in [5.41, 5.74) is 3.86. The molecule has 0 fully saturated rings. The van der Waals surface area contributed by atoms with Crippen LogP contribution in [-0.2, 0) is 0 Å². The number of thiocarbonyl (C=S) groups is 1. The zero-order valence-electron chi connectivity index (χ0n) is 8.40. The van der Waals surface area contributed by atoms with Gasteiger partial charge < -0.3 is 5.11 Å². The number of aliphatic imine (C=N–C) groups is 1. The third-order valence-electron chi connectivity index (χ3n) is 2.40. The molecule has 15 heavy (non-hydrogen) atoms. The minimum Gasteiger partial charge on any atom is -0.375 e. The molecule has 1 aromatic carbocycles. The molecule has 0 amide bonds. The highest BCUT2D eigenvalue weighted by atomic mass is 32.1. The fourth-order valence-electron chi connectivity index (χ4n) is 1.67. The van der Waals surface area contributed by atoms with Gasteiger partial charge in [-0.1, -0.05) is 36.5 Å². The van der Waals surface area contributed by atoms with E-state index < -0.39 is 0 Å². The third kappa shape index (κ3) is 1.76. The summed E-state index contributed by atoms with van der Waals surface area (Å²) in [5, 5.41) is 8.85. The van der Waals surface area contributed by atoms with E-state index in [4.69, 9.17) is 17.3 Å². The van der Waals surface area contributed by atoms with Gasteiger partial charge in [-0.3, -0.25) is 4.99 Å². The van der Waals surface area contributed by atoms with Crippen molar-refractivity contribution in [2.75, 3.05) is 6.73 Å². The summed E-state index contributed by atoms with van der Waals surface area (Å²) in [6.07, 6.45) is 1.92. The SMILES string of the molecule is CC1=C/C(=N\CO)c2ccccc2C1=S. The molecule has 1 N–H and O–H groups in total. The Balaban J connectivity index is 2.63. The Morgan fingerprint density at radius 3 is 2.60 bits per heavy atom. The normalized spacial score (nSPS) is 17.6. The van der Waals surface area contributed by atoms with Crippen LogP contribution in [0.4, 0.5) is 0 Å². The molecular weight excluding hydrogens is 206 g/mol. The number of hydrogen-bond donors (Lipinski definition) is 1. The zero-order chi connectivity index (χ0) is 10.8. The summed E-state index contributed by atoms with van der Waals surface area (Å²) in [6, 6.07) is 7.86. The molecule has 0 aromatic heterocycles. The molecule has 0 saturated heterocycles. The molecule has 0 aliphatic heterocycles. The predicted molar refractivity (Wildman–Crippen MR) is 65.5 cm³/mol. The van der Waals surface area contributed by atoms with E-state index in [0.717, 1.165) is 27.3 Å². The summed E-state index contributed by atoms with van der Waals surface area (Å²) in [6.45, 7) is 1.77. The van der Waals surface area contributed by atoms with Gasteiger partial charge >= 0.3 is 0 Å². The second-order valence-corrected chi connectivity index (χ2v) is 3.80. The molecule has 1 aromatic rings. The van der Waals surface area contributed by atoms with E-state index in [0.29, 0.717) is 0 Å². The number of hydrogen-bond acceptors (Lipinski definition) is 3. The van der Waals surface area contributed by atoms with Gasteiger partial charge in [0.25, 0.3) is 0 Å². The maximum absolute atomic E-state index is 8.85. The minimum absolute atomic E-state index is 0.194. The monoisotopic (exact) mass is 217 g/mol. The Kier molecular flexibility index (Phi) is 2.75. The maximum atomic E-state index is 8.85. The molecular formula is C12H11NOS. The first kappa shape index (κ1) is 10.2. The van der Waals surface area contributed by atoms with Crippen LogP contribution in [0.2, 0.25) is 0 Å². The summed E-state index contributed by atoms with van der Waals surface area (Å²) in [5.74, 6) is 0. The smallest absolute Gasteiger partial charge is 0.134 e. The van der Waals surface area contributed by atoms with Crippen molar-refractivity contribution < 1.29 is 5.11 Å². The van der Waals surface area contributed by atoms with E-state index in [2.05, 4.69) is 4.99 Å². The van der Waals surface area contributed by atoms with Gasteiger partial charge in [-0.25, -0.2) is 0 Å². The molecule has 0 bridgehead atoms. The average Bonchev–Trinajstić information content (AvgIpc) is 2.26. The van der Waals surface area contributed by atoms with Gasteiger partial charge in [0.05, 0.1) is 5.71 Å².